The Morgan fingerprint density at radius 3 is 2.65 bits per heavy atom. The molecule has 0 bridgehead atoms. The molecule has 1 unspecified atom stereocenters. The van der Waals surface area contributed by atoms with Gasteiger partial charge in [0.1, 0.15) is 0 Å². The van der Waals surface area contributed by atoms with Crippen molar-refractivity contribution in [1.29, 1.82) is 0 Å². The molecule has 0 aromatic heterocycles. The number of carbonyl (C=O) groups excluding carboxylic acids is 1. The SMILES string of the molecule is Cl.O=C(c1ccccc1)N1CCCN(CC2CCCNC2)CC1. The Balaban J connectivity index is 0.00000192. The normalized spacial score (nSPS) is 23.0. The third kappa shape index (κ3) is 5.20. The predicted molar refractivity (Wildman–Crippen MR) is 96.2 cm³/mol. The summed E-state index contributed by atoms with van der Waals surface area (Å²) in [6.45, 7) is 7.38. The van der Waals surface area contributed by atoms with Crippen molar-refractivity contribution in [1.82, 2.24) is 15.1 Å². The van der Waals surface area contributed by atoms with Crippen LogP contribution in [0.1, 0.15) is 29.6 Å². The van der Waals surface area contributed by atoms with Crippen LogP contribution in [0.3, 0.4) is 0 Å². The summed E-state index contributed by atoms with van der Waals surface area (Å²) < 4.78 is 0. The van der Waals surface area contributed by atoms with Crippen molar-refractivity contribution in [2.75, 3.05) is 45.8 Å². The molecule has 1 amide bonds. The monoisotopic (exact) mass is 337 g/mol. The molecule has 2 aliphatic rings. The number of nitrogens with one attached hydrogen (secondary N) is 1. The van der Waals surface area contributed by atoms with Crippen LogP contribution in [0.25, 0.3) is 0 Å². The van der Waals surface area contributed by atoms with Gasteiger partial charge in [0, 0.05) is 31.7 Å². The molecule has 1 aromatic carbocycles. The van der Waals surface area contributed by atoms with Crippen LogP contribution in [0.5, 0.6) is 0 Å². The summed E-state index contributed by atoms with van der Waals surface area (Å²) >= 11 is 0. The average molecular weight is 338 g/mol. The Bertz CT molecular complexity index is 476. The highest BCUT2D eigenvalue weighted by molar-refractivity contribution is 5.94. The van der Waals surface area contributed by atoms with Gasteiger partial charge in [-0.1, -0.05) is 18.2 Å². The fourth-order valence-electron chi connectivity index (χ4n) is 3.56. The quantitative estimate of drug-likeness (QED) is 0.919. The van der Waals surface area contributed by atoms with Crippen molar-refractivity contribution in [3.05, 3.63) is 35.9 Å². The molecule has 4 nitrogen and oxygen atoms in total. The maximum atomic E-state index is 12.5. The summed E-state index contributed by atoms with van der Waals surface area (Å²) in [6, 6.07) is 9.66. The molecule has 23 heavy (non-hydrogen) atoms. The number of rotatable bonds is 3. The van der Waals surface area contributed by atoms with E-state index in [2.05, 4.69) is 10.2 Å². The lowest BCUT2D eigenvalue weighted by molar-refractivity contribution is 0.0760. The Labute approximate surface area is 145 Å². The fourth-order valence-corrected chi connectivity index (χ4v) is 3.56. The lowest BCUT2D eigenvalue weighted by Gasteiger charge is -2.29. The van der Waals surface area contributed by atoms with Gasteiger partial charge in [-0.25, -0.2) is 0 Å². The highest BCUT2D eigenvalue weighted by atomic mass is 35.5. The van der Waals surface area contributed by atoms with Gasteiger partial charge in [0.05, 0.1) is 0 Å². The molecule has 3 rings (SSSR count). The van der Waals surface area contributed by atoms with Gasteiger partial charge in [-0.15, -0.1) is 12.4 Å². The first-order valence-corrected chi connectivity index (χ1v) is 8.60. The summed E-state index contributed by atoms with van der Waals surface area (Å²) in [5, 5.41) is 3.50. The minimum Gasteiger partial charge on any atom is -0.337 e. The van der Waals surface area contributed by atoms with Gasteiger partial charge in [-0.3, -0.25) is 4.79 Å². The molecule has 0 saturated carbocycles. The first-order valence-electron chi connectivity index (χ1n) is 8.60. The van der Waals surface area contributed by atoms with E-state index in [1.54, 1.807) is 0 Å². The number of amides is 1. The van der Waals surface area contributed by atoms with Crippen LogP contribution < -0.4 is 5.32 Å². The lowest BCUT2D eigenvalue weighted by Crippen LogP contribution is -2.40. The van der Waals surface area contributed by atoms with E-state index in [9.17, 15) is 4.79 Å². The molecular formula is C18H28ClN3O. The summed E-state index contributed by atoms with van der Waals surface area (Å²) in [6.07, 6.45) is 3.73. The maximum Gasteiger partial charge on any atom is 0.253 e. The average Bonchev–Trinajstić information content (AvgIpc) is 2.82. The van der Waals surface area contributed by atoms with E-state index < -0.39 is 0 Å². The first kappa shape index (κ1) is 18.2. The minimum absolute atomic E-state index is 0. The van der Waals surface area contributed by atoms with Crippen molar-refractivity contribution >= 4 is 18.3 Å². The Hall–Kier alpha value is -1.10. The topological polar surface area (TPSA) is 35.6 Å². The molecule has 0 radical (unpaired) electrons. The van der Waals surface area contributed by atoms with Gasteiger partial charge in [-0.2, -0.15) is 0 Å². The van der Waals surface area contributed by atoms with Crippen molar-refractivity contribution in [2.24, 2.45) is 5.92 Å². The van der Waals surface area contributed by atoms with Gasteiger partial charge < -0.3 is 15.1 Å². The van der Waals surface area contributed by atoms with Gasteiger partial charge in [0.25, 0.3) is 5.91 Å². The van der Waals surface area contributed by atoms with E-state index in [1.807, 2.05) is 35.2 Å². The van der Waals surface area contributed by atoms with Crippen LogP contribution in [0.15, 0.2) is 30.3 Å². The number of hydrogen-bond donors (Lipinski definition) is 1. The molecule has 2 saturated heterocycles. The van der Waals surface area contributed by atoms with Gasteiger partial charge in [-0.05, 0) is 56.9 Å². The smallest absolute Gasteiger partial charge is 0.253 e. The van der Waals surface area contributed by atoms with Gasteiger partial charge in [0.2, 0.25) is 0 Å². The first-order chi connectivity index (χ1) is 10.8. The van der Waals surface area contributed by atoms with Crippen molar-refractivity contribution in [3.63, 3.8) is 0 Å². The van der Waals surface area contributed by atoms with E-state index >= 15 is 0 Å². The molecular weight excluding hydrogens is 310 g/mol. The van der Waals surface area contributed by atoms with E-state index in [-0.39, 0.29) is 18.3 Å². The Morgan fingerprint density at radius 2 is 1.91 bits per heavy atom. The molecule has 1 aromatic rings. The van der Waals surface area contributed by atoms with Crippen molar-refractivity contribution in [3.8, 4) is 0 Å². The molecule has 0 aliphatic carbocycles. The van der Waals surface area contributed by atoms with Crippen molar-refractivity contribution < 1.29 is 4.79 Å². The standard InChI is InChI=1S/C18H27N3O.ClH/c22-18(17-7-2-1-3-8-17)21-11-5-10-20(12-13-21)15-16-6-4-9-19-14-16;/h1-3,7-8,16,19H,4-6,9-15H2;1H. The fraction of sp³-hybridized carbons (Fsp3) is 0.611. The molecule has 2 fully saturated rings. The minimum atomic E-state index is 0. The van der Waals surface area contributed by atoms with Crippen LogP contribution in [-0.4, -0.2) is 61.5 Å². The molecule has 2 aliphatic heterocycles. The summed E-state index contributed by atoms with van der Waals surface area (Å²) in [4.78, 5) is 17.1. The second kappa shape index (κ2) is 9.26. The summed E-state index contributed by atoms with van der Waals surface area (Å²) in [5.41, 5.74) is 0.812. The summed E-state index contributed by atoms with van der Waals surface area (Å²) in [7, 11) is 0. The molecule has 5 heteroatoms. The second-order valence-electron chi connectivity index (χ2n) is 6.52. The molecule has 128 valence electrons. The third-order valence-corrected chi connectivity index (χ3v) is 4.81. The number of carbonyl (C=O) groups is 1. The van der Waals surface area contributed by atoms with Crippen LogP contribution in [0, 0.1) is 5.92 Å². The zero-order valence-corrected chi connectivity index (χ0v) is 14.6. The highest BCUT2D eigenvalue weighted by Gasteiger charge is 2.22. The number of hydrogen-bond acceptors (Lipinski definition) is 3. The van der Waals surface area contributed by atoms with E-state index in [4.69, 9.17) is 0 Å². The van der Waals surface area contributed by atoms with Gasteiger partial charge in [0.15, 0.2) is 0 Å². The van der Waals surface area contributed by atoms with Gasteiger partial charge >= 0.3 is 0 Å². The third-order valence-electron chi connectivity index (χ3n) is 4.81. The van der Waals surface area contributed by atoms with Crippen LogP contribution in [0.2, 0.25) is 0 Å². The molecule has 1 atom stereocenters. The Morgan fingerprint density at radius 1 is 1.09 bits per heavy atom. The Kier molecular flexibility index (Phi) is 7.34. The highest BCUT2D eigenvalue weighted by Crippen LogP contribution is 2.14. The van der Waals surface area contributed by atoms with Crippen LogP contribution >= 0.6 is 12.4 Å². The number of piperidine rings is 1. The number of nitrogens with zero attached hydrogens (tertiary/aromatic N) is 2. The zero-order valence-electron chi connectivity index (χ0n) is 13.7. The van der Waals surface area contributed by atoms with Crippen LogP contribution in [-0.2, 0) is 0 Å². The number of benzene rings is 1. The van der Waals surface area contributed by atoms with Crippen LogP contribution in [0.4, 0.5) is 0 Å². The molecule has 0 spiro atoms. The van der Waals surface area contributed by atoms with E-state index in [0.717, 1.165) is 50.6 Å². The van der Waals surface area contributed by atoms with E-state index in [0.29, 0.717) is 0 Å². The van der Waals surface area contributed by atoms with E-state index in [1.165, 1.54) is 25.9 Å². The lowest BCUT2D eigenvalue weighted by atomic mass is 9.99. The largest absolute Gasteiger partial charge is 0.337 e. The molecule has 1 N–H and O–H groups in total. The molecule has 2 heterocycles. The summed E-state index contributed by atoms with van der Waals surface area (Å²) in [5.74, 6) is 0.965. The maximum absolute atomic E-state index is 12.5. The van der Waals surface area contributed by atoms with Crippen molar-refractivity contribution in [2.45, 2.75) is 19.3 Å². The predicted octanol–water partition coefficient (Wildman–Crippen LogP) is 2.26. The zero-order chi connectivity index (χ0) is 15.2. The second-order valence-corrected chi connectivity index (χ2v) is 6.52. The number of halogens is 1.